The number of likely N-dealkylation sites (tertiary alicyclic amines) is 1. The highest BCUT2D eigenvalue weighted by Gasteiger charge is 2.41. The number of benzene rings is 1. The minimum atomic E-state index is -0.548. The largest absolute Gasteiger partial charge is 0.466 e. The van der Waals surface area contributed by atoms with E-state index in [-0.39, 0.29) is 23.9 Å². The van der Waals surface area contributed by atoms with E-state index in [0.29, 0.717) is 19.7 Å². The van der Waals surface area contributed by atoms with Gasteiger partial charge in [-0.2, -0.15) is 0 Å². The Hall–Kier alpha value is -2.04. The van der Waals surface area contributed by atoms with Crippen LogP contribution in [0.3, 0.4) is 0 Å². The Morgan fingerprint density at radius 1 is 1.17 bits per heavy atom. The number of amides is 1. The molecule has 0 radical (unpaired) electrons. The Balaban J connectivity index is 2.10. The maximum atomic E-state index is 12.3. The van der Waals surface area contributed by atoms with E-state index < -0.39 is 5.60 Å². The first-order valence-corrected chi connectivity index (χ1v) is 8.48. The van der Waals surface area contributed by atoms with Crippen molar-refractivity contribution in [2.75, 3.05) is 19.7 Å². The molecule has 0 N–H and O–H groups in total. The summed E-state index contributed by atoms with van der Waals surface area (Å²) >= 11 is 0. The maximum Gasteiger partial charge on any atom is 0.410 e. The van der Waals surface area contributed by atoms with Gasteiger partial charge in [0.2, 0.25) is 0 Å². The molecular weight excluding hydrogens is 306 g/mol. The molecule has 1 aliphatic rings. The molecule has 0 unspecified atom stereocenters. The monoisotopic (exact) mass is 333 g/mol. The van der Waals surface area contributed by atoms with Gasteiger partial charge in [0.05, 0.1) is 12.5 Å². The van der Waals surface area contributed by atoms with Crippen molar-refractivity contribution < 1.29 is 19.1 Å². The van der Waals surface area contributed by atoms with Crippen molar-refractivity contribution in [3.8, 4) is 0 Å². The molecule has 5 heteroatoms. The van der Waals surface area contributed by atoms with Gasteiger partial charge >= 0.3 is 12.1 Å². The van der Waals surface area contributed by atoms with E-state index >= 15 is 0 Å². The molecular formula is C19H27NO4. The quantitative estimate of drug-likeness (QED) is 0.794. The molecule has 2 atom stereocenters. The number of rotatable bonds is 4. The Bertz CT molecular complexity index is 564. The van der Waals surface area contributed by atoms with E-state index in [1.807, 2.05) is 51.1 Å². The fourth-order valence-electron chi connectivity index (χ4n) is 2.99. The summed E-state index contributed by atoms with van der Waals surface area (Å²) in [6.45, 7) is 8.52. The molecule has 1 saturated heterocycles. The fourth-order valence-corrected chi connectivity index (χ4v) is 2.99. The second kappa shape index (κ2) is 7.69. The van der Waals surface area contributed by atoms with Gasteiger partial charge in [0.1, 0.15) is 5.60 Å². The topological polar surface area (TPSA) is 55.8 Å². The lowest BCUT2D eigenvalue weighted by atomic mass is 9.90. The van der Waals surface area contributed by atoms with Crippen molar-refractivity contribution in [3.05, 3.63) is 35.9 Å². The first-order chi connectivity index (χ1) is 11.3. The highest BCUT2D eigenvalue weighted by molar-refractivity contribution is 5.76. The van der Waals surface area contributed by atoms with Crippen molar-refractivity contribution in [3.63, 3.8) is 0 Å². The molecule has 1 aromatic rings. The minimum absolute atomic E-state index is 0.0407. The number of hydrogen-bond donors (Lipinski definition) is 0. The minimum Gasteiger partial charge on any atom is -0.466 e. The van der Waals surface area contributed by atoms with Crippen molar-refractivity contribution in [1.82, 2.24) is 4.90 Å². The summed E-state index contributed by atoms with van der Waals surface area (Å²) in [6, 6.07) is 10.0. The smallest absolute Gasteiger partial charge is 0.410 e. The molecule has 1 heterocycles. The predicted molar refractivity (Wildman–Crippen MR) is 91.6 cm³/mol. The lowest BCUT2D eigenvalue weighted by Gasteiger charge is -2.24. The van der Waals surface area contributed by atoms with Crippen LogP contribution in [0.15, 0.2) is 30.3 Å². The second-order valence-electron chi connectivity index (χ2n) is 7.19. The van der Waals surface area contributed by atoms with E-state index in [0.717, 1.165) is 12.0 Å². The van der Waals surface area contributed by atoms with Crippen LogP contribution in [0.4, 0.5) is 4.79 Å². The van der Waals surface area contributed by atoms with Gasteiger partial charge in [-0.3, -0.25) is 4.79 Å². The van der Waals surface area contributed by atoms with Crippen molar-refractivity contribution >= 4 is 12.1 Å². The zero-order chi connectivity index (χ0) is 17.7. The Kier molecular flexibility index (Phi) is 5.86. The first kappa shape index (κ1) is 18.3. The van der Waals surface area contributed by atoms with Gasteiger partial charge in [-0.1, -0.05) is 30.3 Å². The van der Waals surface area contributed by atoms with Crippen molar-refractivity contribution in [2.45, 2.75) is 39.7 Å². The molecule has 1 aliphatic heterocycles. The molecule has 0 aromatic heterocycles. The predicted octanol–water partition coefficient (Wildman–Crippen LogP) is 3.28. The van der Waals surface area contributed by atoms with E-state index in [9.17, 15) is 9.59 Å². The van der Waals surface area contributed by atoms with Crippen LogP contribution < -0.4 is 0 Å². The van der Waals surface area contributed by atoms with Crippen LogP contribution in [0.25, 0.3) is 0 Å². The van der Waals surface area contributed by atoms with Gasteiger partial charge in [0, 0.05) is 13.1 Å². The van der Waals surface area contributed by atoms with E-state index in [2.05, 4.69) is 0 Å². The van der Waals surface area contributed by atoms with Crippen LogP contribution in [-0.4, -0.2) is 42.3 Å². The Labute approximate surface area is 143 Å². The third-order valence-corrected chi connectivity index (χ3v) is 4.02. The lowest BCUT2D eigenvalue weighted by molar-refractivity contribution is -0.148. The Morgan fingerprint density at radius 2 is 1.83 bits per heavy atom. The average molecular weight is 333 g/mol. The summed E-state index contributed by atoms with van der Waals surface area (Å²) in [5.74, 6) is -0.499. The molecule has 0 spiro atoms. The van der Waals surface area contributed by atoms with Crippen LogP contribution >= 0.6 is 0 Å². The molecule has 24 heavy (non-hydrogen) atoms. The molecule has 0 saturated carbocycles. The average Bonchev–Trinajstić information content (AvgIpc) is 2.91. The standard InChI is InChI=1S/C19H27NO4/c1-5-23-17(21)16-13-20(18(22)24-19(2,3)4)12-15(16)11-14-9-7-6-8-10-14/h6-10,15-16H,5,11-13H2,1-4H3/t15-,16-/m1/s1. The maximum absolute atomic E-state index is 12.3. The number of carbonyl (C=O) groups is 2. The van der Waals surface area contributed by atoms with Crippen LogP contribution in [0.2, 0.25) is 0 Å². The second-order valence-corrected chi connectivity index (χ2v) is 7.19. The van der Waals surface area contributed by atoms with E-state index in [1.165, 1.54) is 0 Å². The Morgan fingerprint density at radius 3 is 2.42 bits per heavy atom. The third kappa shape index (κ3) is 4.98. The number of ether oxygens (including phenoxy) is 2. The van der Waals surface area contributed by atoms with Crippen LogP contribution in [0.5, 0.6) is 0 Å². The summed E-state index contributed by atoms with van der Waals surface area (Å²) in [6.07, 6.45) is 0.372. The van der Waals surface area contributed by atoms with Gasteiger partial charge < -0.3 is 14.4 Å². The lowest BCUT2D eigenvalue weighted by Crippen LogP contribution is -2.36. The molecule has 132 valence electrons. The SMILES string of the molecule is CCOC(=O)[C@@H]1CN(C(=O)OC(C)(C)C)C[C@H]1Cc1ccccc1. The third-order valence-electron chi connectivity index (χ3n) is 4.02. The van der Waals surface area contributed by atoms with Crippen LogP contribution in [-0.2, 0) is 20.7 Å². The molecule has 1 amide bonds. The van der Waals surface area contributed by atoms with Gasteiger partial charge in [0.25, 0.3) is 0 Å². The molecule has 0 bridgehead atoms. The molecule has 1 fully saturated rings. The highest BCUT2D eigenvalue weighted by Crippen LogP contribution is 2.29. The zero-order valence-corrected chi connectivity index (χ0v) is 15.0. The summed E-state index contributed by atoms with van der Waals surface area (Å²) in [4.78, 5) is 26.3. The van der Waals surface area contributed by atoms with Gasteiger partial charge in [0.15, 0.2) is 0 Å². The molecule has 5 nitrogen and oxygen atoms in total. The number of carbonyl (C=O) groups excluding carboxylic acids is 2. The van der Waals surface area contributed by atoms with Crippen LogP contribution in [0, 0.1) is 11.8 Å². The number of esters is 1. The molecule has 2 rings (SSSR count). The molecule has 1 aromatic carbocycles. The van der Waals surface area contributed by atoms with Crippen molar-refractivity contribution in [2.24, 2.45) is 11.8 Å². The summed E-state index contributed by atoms with van der Waals surface area (Å²) in [7, 11) is 0. The van der Waals surface area contributed by atoms with Crippen LogP contribution in [0.1, 0.15) is 33.3 Å². The zero-order valence-electron chi connectivity index (χ0n) is 15.0. The van der Waals surface area contributed by atoms with Gasteiger partial charge in [-0.15, -0.1) is 0 Å². The van der Waals surface area contributed by atoms with E-state index in [1.54, 1.807) is 11.8 Å². The summed E-state index contributed by atoms with van der Waals surface area (Å²) in [5, 5.41) is 0. The molecule has 0 aliphatic carbocycles. The van der Waals surface area contributed by atoms with Gasteiger partial charge in [-0.25, -0.2) is 4.79 Å². The highest BCUT2D eigenvalue weighted by atomic mass is 16.6. The fraction of sp³-hybridized carbons (Fsp3) is 0.579. The number of hydrogen-bond acceptors (Lipinski definition) is 4. The van der Waals surface area contributed by atoms with E-state index in [4.69, 9.17) is 9.47 Å². The normalized spacial score (nSPS) is 20.8. The summed E-state index contributed by atoms with van der Waals surface area (Å²) in [5.41, 5.74) is 0.608. The van der Waals surface area contributed by atoms with Gasteiger partial charge in [-0.05, 0) is 45.6 Å². The first-order valence-electron chi connectivity index (χ1n) is 8.48. The summed E-state index contributed by atoms with van der Waals surface area (Å²) < 4.78 is 10.6. The van der Waals surface area contributed by atoms with Crippen molar-refractivity contribution in [1.29, 1.82) is 0 Å². The number of nitrogens with zero attached hydrogens (tertiary/aromatic N) is 1.